The van der Waals surface area contributed by atoms with E-state index in [1.54, 1.807) is 6.92 Å². The second kappa shape index (κ2) is 10.3. The van der Waals surface area contributed by atoms with Crippen molar-refractivity contribution in [1.29, 1.82) is 0 Å². The molecule has 1 unspecified atom stereocenters. The van der Waals surface area contributed by atoms with Crippen molar-refractivity contribution in [2.24, 2.45) is 0 Å². The van der Waals surface area contributed by atoms with E-state index in [0.717, 1.165) is 55.7 Å². The van der Waals surface area contributed by atoms with Gasteiger partial charge in [-0.2, -0.15) is 0 Å². The lowest BCUT2D eigenvalue weighted by Gasteiger charge is -2.04. The van der Waals surface area contributed by atoms with Crippen LogP contribution < -0.4 is 0 Å². The Bertz CT molecular complexity index is 1930. The molecule has 0 saturated carbocycles. The molecule has 5 heterocycles. The highest BCUT2D eigenvalue weighted by atomic mass is 16.3. The first-order valence-electron chi connectivity index (χ1n) is 13.6. The number of hydrogen-bond donors (Lipinski definition) is 3. The summed E-state index contributed by atoms with van der Waals surface area (Å²) in [6.45, 7) is 1.65. The number of rotatable bonds is 2. The van der Waals surface area contributed by atoms with Crippen molar-refractivity contribution in [1.82, 2.24) is 19.9 Å². The van der Waals surface area contributed by atoms with Gasteiger partial charge >= 0.3 is 0 Å². The number of nitrogens with one attached hydrogen (secondary N) is 2. The molecule has 1 atom stereocenters. The highest BCUT2D eigenvalue weighted by Crippen LogP contribution is 2.33. The molecule has 41 heavy (non-hydrogen) atoms. The predicted molar refractivity (Wildman–Crippen MR) is 168 cm³/mol. The second-order valence-corrected chi connectivity index (χ2v) is 10.0. The van der Waals surface area contributed by atoms with Gasteiger partial charge < -0.3 is 15.1 Å². The van der Waals surface area contributed by atoms with Gasteiger partial charge in [-0.1, -0.05) is 72.5 Å². The normalized spacial score (nSPS) is 12.6. The quantitative estimate of drug-likeness (QED) is 0.200. The molecule has 196 valence electrons. The van der Waals surface area contributed by atoms with Gasteiger partial charge in [-0.3, -0.25) is 0 Å². The fourth-order valence-electron chi connectivity index (χ4n) is 5.26. The standard InChI is InChI=1S/C36H26N4O/c1-23(41)12-15-28-29-18-20-33(39-29)35(24-8-4-2-5-9-24)31-16-13-26(37-31)22-27-14-17-32(38-27)36(25-10-6-3-7-11-25)34-21-19-30(28)40-34/h2-11,13-14,16-23,37-38,41H,1H3. The van der Waals surface area contributed by atoms with Gasteiger partial charge in [0.25, 0.3) is 0 Å². The van der Waals surface area contributed by atoms with Crippen molar-refractivity contribution in [2.45, 2.75) is 13.0 Å². The van der Waals surface area contributed by atoms with Gasteiger partial charge in [-0.25, -0.2) is 9.97 Å². The van der Waals surface area contributed by atoms with Crippen LogP contribution in [-0.4, -0.2) is 31.1 Å². The molecule has 8 bridgehead atoms. The average Bonchev–Trinajstić information content (AvgIpc) is 3.80. The molecule has 5 nitrogen and oxygen atoms in total. The van der Waals surface area contributed by atoms with Crippen molar-refractivity contribution in [3.8, 4) is 34.1 Å². The SMILES string of the molecule is CC(O)C#Cc1c2nc(c(-c3ccccc3)c3ccc(cc4ccc([nH]4)c(-c4ccccc4)c4nc1C=C4)[nH]3)C=C2. The highest BCUT2D eigenvalue weighted by Gasteiger charge is 2.16. The summed E-state index contributed by atoms with van der Waals surface area (Å²) < 4.78 is 0. The van der Waals surface area contributed by atoms with Crippen LogP contribution in [0.3, 0.4) is 0 Å². The minimum absolute atomic E-state index is 0.669. The zero-order valence-corrected chi connectivity index (χ0v) is 22.4. The minimum atomic E-state index is -0.782. The molecule has 3 N–H and O–H groups in total. The molecule has 5 aromatic rings. The molecule has 2 aromatic carbocycles. The van der Waals surface area contributed by atoms with Crippen LogP contribution in [0.25, 0.3) is 68.6 Å². The molecule has 2 aliphatic heterocycles. The summed E-state index contributed by atoms with van der Waals surface area (Å²) in [5.41, 5.74) is 11.7. The third-order valence-electron chi connectivity index (χ3n) is 7.10. The number of fused-ring (bicyclic) bond motifs is 8. The number of aliphatic hydroxyl groups excluding tert-OH is 1. The summed E-state index contributed by atoms with van der Waals surface area (Å²) in [5, 5.41) is 10.0. The lowest BCUT2D eigenvalue weighted by Crippen LogP contribution is -1.95. The van der Waals surface area contributed by atoms with E-state index in [0.29, 0.717) is 17.0 Å². The van der Waals surface area contributed by atoms with E-state index in [-0.39, 0.29) is 0 Å². The molecule has 0 fully saturated rings. The Labute approximate surface area is 237 Å². The number of benzene rings is 2. The lowest BCUT2D eigenvalue weighted by molar-refractivity contribution is 0.253. The molecule has 0 radical (unpaired) electrons. The smallest absolute Gasteiger partial charge is 0.112 e. The van der Waals surface area contributed by atoms with Gasteiger partial charge in [0.05, 0.1) is 28.3 Å². The van der Waals surface area contributed by atoms with Gasteiger partial charge in [0, 0.05) is 33.2 Å². The maximum absolute atomic E-state index is 10.0. The Kier molecular flexibility index (Phi) is 6.16. The van der Waals surface area contributed by atoms with Crippen molar-refractivity contribution < 1.29 is 5.11 Å². The number of H-pyrrole nitrogens is 2. The molecule has 5 heteroatoms. The highest BCUT2D eigenvalue weighted by molar-refractivity contribution is 5.94. The van der Waals surface area contributed by atoms with Gasteiger partial charge in [-0.05, 0) is 72.7 Å². The zero-order chi connectivity index (χ0) is 27.8. The first kappa shape index (κ1) is 24.6. The van der Waals surface area contributed by atoms with Crippen LogP contribution in [0.2, 0.25) is 0 Å². The summed E-state index contributed by atoms with van der Waals surface area (Å²) in [6, 6.07) is 31.0. The molecular formula is C36H26N4O. The van der Waals surface area contributed by atoms with Crippen LogP contribution in [0.4, 0.5) is 0 Å². The van der Waals surface area contributed by atoms with Crippen LogP contribution in [-0.2, 0) is 0 Å². The topological polar surface area (TPSA) is 77.6 Å². The number of aromatic nitrogens is 4. The summed E-state index contributed by atoms with van der Waals surface area (Å²) in [5.74, 6) is 6.09. The monoisotopic (exact) mass is 530 g/mol. The van der Waals surface area contributed by atoms with Gasteiger partial charge in [-0.15, -0.1) is 0 Å². The number of aromatic amines is 2. The third-order valence-corrected chi connectivity index (χ3v) is 7.10. The predicted octanol–water partition coefficient (Wildman–Crippen LogP) is 7.72. The van der Waals surface area contributed by atoms with E-state index in [9.17, 15) is 5.11 Å². The fraction of sp³-hybridized carbons (Fsp3) is 0.0556. The van der Waals surface area contributed by atoms with Crippen LogP contribution in [0.1, 0.15) is 35.3 Å². The van der Waals surface area contributed by atoms with Crippen molar-refractivity contribution in [3.05, 3.63) is 119 Å². The Morgan fingerprint density at radius 1 is 0.610 bits per heavy atom. The first-order chi connectivity index (χ1) is 20.1. The summed E-state index contributed by atoms with van der Waals surface area (Å²) in [6.07, 6.45) is 7.21. The van der Waals surface area contributed by atoms with Crippen LogP contribution in [0.5, 0.6) is 0 Å². The Balaban J connectivity index is 1.64. The minimum Gasteiger partial charge on any atom is -0.381 e. The molecule has 0 saturated heterocycles. The van der Waals surface area contributed by atoms with Crippen molar-refractivity contribution in [3.63, 3.8) is 0 Å². The van der Waals surface area contributed by atoms with E-state index in [1.165, 1.54) is 0 Å². The van der Waals surface area contributed by atoms with E-state index < -0.39 is 6.10 Å². The van der Waals surface area contributed by atoms with E-state index in [1.807, 2.05) is 60.7 Å². The molecule has 0 spiro atoms. The molecule has 0 aliphatic carbocycles. The Morgan fingerprint density at radius 2 is 1.07 bits per heavy atom. The van der Waals surface area contributed by atoms with Crippen LogP contribution >= 0.6 is 0 Å². The van der Waals surface area contributed by atoms with Gasteiger partial charge in [0.2, 0.25) is 0 Å². The Morgan fingerprint density at radius 3 is 1.54 bits per heavy atom. The van der Waals surface area contributed by atoms with E-state index >= 15 is 0 Å². The average molecular weight is 531 g/mol. The zero-order valence-electron chi connectivity index (χ0n) is 22.4. The molecular weight excluding hydrogens is 504 g/mol. The maximum atomic E-state index is 10.0. The summed E-state index contributed by atoms with van der Waals surface area (Å²) >= 11 is 0. The first-order valence-corrected chi connectivity index (χ1v) is 13.6. The molecule has 2 aliphatic rings. The summed E-state index contributed by atoms with van der Waals surface area (Å²) in [4.78, 5) is 17.3. The maximum Gasteiger partial charge on any atom is 0.112 e. The number of hydrogen-bond acceptors (Lipinski definition) is 3. The van der Waals surface area contributed by atoms with E-state index in [4.69, 9.17) is 9.97 Å². The largest absolute Gasteiger partial charge is 0.381 e. The lowest BCUT2D eigenvalue weighted by atomic mass is 10.0. The van der Waals surface area contributed by atoms with Gasteiger partial charge in [0.1, 0.15) is 6.10 Å². The van der Waals surface area contributed by atoms with Crippen LogP contribution in [0, 0.1) is 11.8 Å². The van der Waals surface area contributed by atoms with E-state index in [2.05, 4.69) is 76.4 Å². The van der Waals surface area contributed by atoms with Crippen LogP contribution in [0.15, 0.2) is 91.0 Å². The third kappa shape index (κ3) is 4.78. The van der Waals surface area contributed by atoms with Crippen molar-refractivity contribution >= 4 is 46.4 Å². The summed E-state index contributed by atoms with van der Waals surface area (Å²) in [7, 11) is 0. The van der Waals surface area contributed by atoms with Gasteiger partial charge in [0.15, 0.2) is 0 Å². The molecule has 0 amide bonds. The Hall–Kier alpha value is -5.44. The van der Waals surface area contributed by atoms with Crippen molar-refractivity contribution in [2.75, 3.05) is 0 Å². The number of nitrogens with zero attached hydrogens (tertiary/aromatic N) is 2. The number of aliphatic hydroxyl groups is 1. The molecule has 3 aromatic heterocycles. The molecule has 7 rings (SSSR count). The fourth-order valence-corrected chi connectivity index (χ4v) is 5.26. The second-order valence-electron chi connectivity index (χ2n) is 10.0.